The van der Waals surface area contributed by atoms with Crippen molar-refractivity contribution in [3.05, 3.63) is 29.8 Å². The van der Waals surface area contributed by atoms with Crippen molar-refractivity contribution in [2.24, 2.45) is 0 Å². The monoisotopic (exact) mass is 218 g/mol. The Hall–Kier alpha value is -1.79. The average Bonchev–Trinajstić information content (AvgIpc) is 2.34. The quantitative estimate of drug-likeness (QED) is 0.429. The highest BCUT2D eigenvalue weighted by Crippen LogP contribution is 2.11. The maximum Gasteiger partial charge on any atom is 0.192 e. The van der Waals surface area contributed by atoms with Crippen LogP contribution in [0.25, 0.3) is 0 Å². The van der Waals surface area contributed by atoms with Crippen LogP contribution >= 0.6 is 0 Å². The number of aldehydes is 1. The van der Waals surface area contributed by atoms with Crippen LogP contribution in [-0.4, -0.2) is 20.0 Å². The Kier molecular flexibility index (Phi) is 5.75. The molecule has 1 aromatic carbocycles. The Labute approximate surface area is 95.4 Å². The molecule has 0 N–H and O–H groups in total. The van der Waals surface area contributed by atoms with Crippen molar-refractivity contribution < 1.29 is 14.3 Å². The minimum atomic E-state index is 0.535. The lowest BCUT2D eigenvalue weighted by Crippen LogP contribution is -1.94. The summed E-state index contributed by atoms with van der Waals surface area (Å²) in [6.07, 6.45) is 1.17. The molecule has 84 valence electrons. The van der Waals surface area contributed by atoms with Crippen LogP contribution in [0.5, 0.6) is 5.75 Å². The Bertz CT molecular complexity index is 370. The van der Waals surface area contributed by atoms with Crippen molar-refractivity contribution in [2.75, 3.05) is 13.7 Å². The van der Waals surface area contributed by atoms with Gasteiger partial charge in [-0.25, -0.2) is 0 Å². The van der Waals surface area contributed by atoms with Gasteiger partial charge in [-0.3, -0.25) is 4.79 Å². The molecule has 0 aromatic heterocycles. The van der Waals surface area contributed by atoms with Crippen LogP contribution in [0.15, 0.2) is 24.3 Å². The first kappa shape index (κ1) is 12.3. The van der Waals surface area contributed by atoms with E-state index in [4.69, 9.17) is 9.47 Å². The van der Waals surface area contributed by atoms with Crippen LogP contribution in [0.1, 0.15) is 12.0 Å². The fourth-order valence-electron chi connectivity index (χ4n) is 1.15. The molecule has 3 heteroatoms. The van der Waals surface area contributed by atoms with Crippen LogP contribution in [0.2, 0.25) is 0 Å². The second-order valence-corrected chi connectivity index (χ2v) is 3.09. The lowest BCUT2D eigenvalue weighted by atomic mass is 10.2. The molecule has 0 unspecified atom stereocenters. The highest BCUT2D eigenvalue weighted by Gasteiger charge is 1.94. The van der Waals surface area contributed by atoms with Gasteiger partial charge in [0.25, 0.3) is 0 Å². The third kappa shape index (κ3) is 4.63. The van der Waals surface area contributed by atoms with Crippen LogP contribution in [0.3, 0.4) is 0 Å². The molecule has 0 atom stereocenters. The molecule has 1 rings (SSSR count). The molecule has 0 fully saturated rings. The van der Waals surface area contributed by atoms with Crippen LogP contribution in [-0.2, 0) is 16.1 Å². The topological polar surface area (TPSA) is 35.5 Å². The third-order valence-electron chi connectivity index (χ3n) is 1.96. The summed E-state index contributed by atoms with van der Waals surface area (Å²) in [5.74, 6) is 5.85. The molecule has 0 aliphatic rings. The second-order valence-electron chi connectivity index (χ2n) is 3.09. The highest BCUT2D eigenvalue weighted by atomic mass is 16.5. The molecule has 0 saturated carbocycles. The fraction of sp³-hybridized carbons (Fsp3) is 0.308. The van der Waals surface area contributed by atoms with Crippen LogP contribution < -0.4 is 4.74 Å². The van der Waals surface area contributed by atoms with E-state index in [-0.39, 0.29) is 0 Å². The summed E-state index contributed by atoms with van der Waals surface area (Å²) < 4.78 is 10.4. The zero-order valence-corrected chi connectivity index (χ0v) is 9.23. The van der Waals surface area contributed by atoms with E-state index in [1.807, 2.05) is 24.3 Å². The predicted octanol–water partition coefficient (Wildman–Crippen LogP) is 1.80. The fourth-order valence-corrected chi connectivity index (χ4v) is 1.15. The van der Waals surface area contributed by atoms with E-state index in [1.165, 1.54) is 0 Å². The van der Waals surface area contributed by atoms with Crippen LogP contribution in [0, 0.1) is 11.8 Å². The molecule has 0 spiro atoms. The van der Waals surface area contributed by atoms with E-state index in [9.17, 15) is 4.79 Å². The number of methoxy groups -OCH3 is 1. The van der Waals surface area contributed by atoms with E-state index in [1.54, 1.807) is 7.11 Å². The van der Waals surface area contributed by atoms with Gasteiger partial charge in [0.05, 0.1) is 20.3 Å². The molecule has 0 amide bonds. The molecular formula is C13H14O3. The Balaban J connectivity index is 2.24. The van der Waals surface area contributed by atoms with E-state index in [0.717, 1.165) is 11.3 Å². The second kappa shape index (κ2) is 7.49. The Morgan fingerprint density at radius 2 is 2.06 bits per heavy atom. The van der Waals surface area contributed by atoms with Crippen molar-refractivity contribution in [1.29, 1.82) is 0 Å². The van der Waals surface area contributed by atoms with Gasteiger partial charge in [-0.1, -0.05) is 18.1 Å². The first-order valence-electron chi connectivity index (χ1n) is 4.99. The molecule has 0 saturated heterocycles. The molecule has 0 heterocycles. The summed E-state index contributed by atoms with van der Waals surface area (Å²) in [6, 6.07) is 7.70. The van der Waals surface area contributed by atoms with Crippen molar-refractivity contribution in [3.8, 4) is 17.6 Å². The van der Waals surface area contributed by atoms with Gasteiger partial charge < -0.3 is 9.47 Å². The zero-order valence-electron chi connectivity index (χ0n) is 9.23. The predicted molar refractivity (Wildman–Crippen MR) is 61.1 cm³/mol. The van der Waals surface area contributed by atoms with Crippen molar-refractivity contribution in [1.82, 2.24) is 0 Å². The number of hydrogen-bond acceptors (Lipinski definition) is 3. The van der Waals surface area contributed by atoms with Crippen LogP contribution in [0.4, 0.5) is 0 Å². The number of ether oxygens (including phenoxy) is 2. The van der Waals surface area contributed by atoms with E-state index in [2.05, 4.69) is 11.8 Å². The summed E-state index contributed by atoms with van der Waals surface area (Å²) in [5, 5.41) is 0. The minimum absolute atomic E-state index is 0.535. The Morgan fingerprint density at radius 1 is 1.31 bits per heavy atom. The summed E-state index contributed by atoms with van der Waals surface area (Å²) in [5.41, 5.74) is 1.09. The molecule has 16 heavy (non-hydrogen) atoms. The summed E-state index contributed by atoms with van der Waals surface area (Å²) in [6.45, 7) is 1.08. The number of rotatable bonds is 5. The molecule has 0 bridgehead atoms. The van der Waals surface area contributed by atoms with E-state index >= 15 is 0 Å². The number of hydrogen-bond donors (Lipinski definition) is 0. The summed E-state index contributed by atoms with van der Waals surface area (Å²) in [7, 11) is 1.64. The third-order valence-corrected chi connectivity index (χ3v) is 1.96. The number of carbonyl (C=O) groups is 1. The maximum atomic E-state index is 9.89. The highest BCUT2D eigenvalue weighted by molar-refractivity contribution is 5.72. The van der Waals surface area contributed by atoms with Gasteiger partial charge in [-0.15, -0.1) is 0 Å². The normalized spacial score (nSPS) is 9.06. The maximum absolute atomic E-state index is 9.89. The van der Waals surface area contributed by atoms with Gasteiger partial charge in [0, 0.05) is 6.42 Å². The van der Waals surface area contributed by atoms with E-state index in [0.29, 0.717) is 25.9 Å². The molecule has 0 radical (unpaired) electrons. The van der Waals surface area contributed by atoms with Gasteiger partial charge in [0.2, 0.25) is 0 Å². The average molecular weight is 218 g/mol. The molecule has 1 aromatic rings. The minimum Gasteiger partial charge on any atom is -0.497 e. The van der Waals surface area contributed by atoms with Crippen molar-refractivity contribution in [2.45, 2.75) is 13.0 Å². The first-order chi connectivity index (χ1) is 7.86. The van der Waals surface area contributed by atoms with Gasteiger partial charge in [0.15, 0.2) is 6.29 Å². The number of carbonyl (C=O) groups excluding carboxylic acids is 1. The van der Waals surface area contributed by atoms with Crippen molar-refractivity contribution in [3.63, 3.8) is 0 Å². The summed E-state index contributed by atoms with van der Waals surface area (Å²) >= 11 is 0. The molecule has 3 nitrogen and oxygen atoms in total. The molecular weight excluding hydrogens is 204 g/mol. The smallest absolute Gasteiger partial charge is 0.192 e. The molecule has 0 aliphatic heterocycles. The van der Waals surface area contributed by atoms with E-state index < -0.39 is 0 Å². The largest absolute Gasteiger partial charge is 0.497 e. The Morgan fingerprint density at radius 3 is 2.69 bits per heavy atom. The zero-order chi connectivity index (χ0) is 11.6. The van der Waals surface area contributed by atoms with Gasteiger partial charge >= 0.3 is 0 Å². The van der Waals surface area contributed by atoms with Gasteiger partial charge in [-0.05, 0) is 23.6 Å². The molecule has 0 aliphatic carbocycles. The first-order valence-corrected chi connectivity index (χ1v) is 4.99. The van der Waals surface area contributed by atoms with Crippen molar-refractivity contribution >= 4 is 6.29 Å². The lowest BCUT2D eigenvalue weighted by Gasteiger charge is -2.03. The SMILES string of the molecule is COc1ccc(COCCC#CC=O)cc1. The summed E-state index contributed by atoms with van der Waals surface area (Å²) in [4.78, 5) is 9.89. The number of benzene rings is 1. The lowest BCUT2D eigenvalue weighted by molar-refractivity contribution is -0.103. The van der Waals surface area contributed by atoms with Gasteiger partial charge in [-0.2, -0.15) is 0 Å². The van der Waals surface area contributed by atoms with Gasteiger partial charge in [0.1, 0.15) is 5.75 Å². The standard InChI is InChI=1S/C13H14O3/c1-15-13-7-5-12(6-8-13)11-16-10-4-2-3-9-14/h5-9H,4,10-11H2,1H3.